The van der Waals surface area contributed by atoms with Gasteiger partial charge in [-0.25, -0.2) is 4.79 Å². The maximum atomic E-state index is 11.7. The molecule has 2 fully saturated rings. The number of rotatable bonds is 3. The van der Waals surface area contributed by atoms with Crippen molar-refractivity contribution in [1.29, 1.82) is 0 Å². The van der Waals surface area contributed by atoms with Crippen LogP contribution in [0.1, 0.15) is 32.6 Å². The fraction of sp³-hybridized carbons (Fsp3) is 0.833. The predicted molar refractivity (Wildman–Crippen MR) is 60.4 cm³/mol. The summed E-state index contributed by atoms with van der Waals surface area (Å²) in [4.78, 5) is 25.1. The van der Waals surface area contributed by atoms with Gasteiger partial charge in [0.1, 0.15) is 0 Å². The SMILES string of the molecule is CCOC(=O)OC(=O)C1CCCN(C2CC2)C1. The second-order valence-corrected chi connectivity index (χ2v) is 4.67. The lowest BCUT2D eigenvalue weighted by Crippen LogP contribution is -2.41. The summed E-state index contributed by atoms with van der Waals surface area (Å²) >= 11 is 0. The van der Waals surface area contributed by atoms with E-state index in [2.05, 4.69) is 14.4 Å². The van der Waals surface area contributed by atoms with Crippen LogP contribution in [0.5, 0.6) is 0 Å². The van der Waals surface area contributed by atoms with E-state index in [1.54, 1.807) is 6.92 Å². The molecule has 1 unspecified atom stereocenters. The predicted octanol–water partition coefficient (Wildman–Crippen LogP) is 1.56. The molecule has 1 aliphatic heterocycles. The quantitative estimate of drug-likeness (QED) is 0.554. The van der Waals surface area contributed by atoms with Crippen LogP contribution in [0.2, 0.25) is 0 Å². The van der Waals surface area contributed by atoms with Crippen LogP contribution in [0.15, 0.2) is 0 Å². The molecule has 0 amide bonds. The maximum absolute atomic E-state index is 11.7. The largest absolute Gasteiger partial charge is 0.516 e. The van der Waals surface area contributed by atoms with Gasteiger partial charge in [-0.15, -0.1) is 0 Å². The highest BCUT2D eigenvalue weighted by molar-refractivity contribution is 5.83. The van der Waals surface area contributed by atoms with Crippen molar-refractivity contribution in [3.63, 3.8) is 0 Å². The molecule has 0 radical (unpaired) electrons. The molecule has 0 aromatic carbocycles. The first-order valence-electron chi connectivity index (χ1n) is 6.33. The summed E-state index contributed by atoms with van der Waals surface area (Å²) in [6.45, 7) is 3.70. The molecule has 0 spiro atoms. The molecular formula is C12H19NO4. The van der Waals surface area contributed by atoms with Crippen LogP contribution in [0.25, 0.3) is 0 Å². The van der Waals surface area contributed by atoms with E-state index in [0.29, 0.717) is 6.04 Å². The molecule has 0 bridgehead atoms. The minimum absolute atomic E-state index is 0.172. The third kappa shape index (κ3) is 3.43. The fourth-order valence-electron chi connectivity index (χ4n) is 2.28. The lowest BCUT2D eigenvalue weighted by atomic mass is 9.98. The minimum Gasteiger partial charge on any atom is -0.434 e. The number of likely N-dealkylation sites (tertiary alicyclic amines) is 1. The summed E-state index contributed by atoms with van der Waals surface area (Å²) in [5.41, 5.74) is 0. The van der Waals surface area contributed by atoms with E-state index < -0.39 is 12.1 Å². The molecule has 0 aromatic heterocycles. The lowest BCUT2D eigenvalue weighted by Gasteiger charge is -2.31. The molecule has 17 heavy (non-hydrogen) atoms. The van der Waals surface area contributed by atoms with E-state index in [1.807, 2.05) is 0 Å². The monoisotopic (exact) mass is 241 g/mol. The Kier molecular flexibility index (Phi) is 3.99. The molecule has 2 rings (SSSR count). The summed E-state index contributed by atoms with van der Waals surface area (Å²) in [7, 11) is 0. The molecule has 96 valence electrons. The maximum Gasteiger partial charge on any atom is 0.516 e. The second-order valence-electron chi connectivity index (χ2n) is 4.67. The average molecular weight is 241 g/mol. The zero-order valence-electron chi connectivity index (χ0n) is 10.2. The number of hydrogen-bond donors (Lipinski definition) is 0. The Morgan fingerprint density at radius 2 is 2.06 bits per heavy atom. The Hall–Kier alpha value is -1.10. The van der Waals surface area contributed by atoms with E-state index in [9.17, 15) is 9.59 Å². The molecule has 1 aliphatic carbocycles. The van der Waals surface area contributed by atoms with Crippen molar-refractivity contribution in [2.75, 3.05) is 19.7 Å². The Bertz CT molecular complexity index is 301. The Morgan fingerprint density at radius 3 is 2.71 bits per heavy atom. The first-order valence-corrected chi connectivity index (χ1v) is 6.33. The highest BCUT2D eigenvalue weighted by atomic mass is 16.7. The van der Waals surface area contributed by atoms with E-state index in [-0.39, 0.29) is 12.5 Å². The van der Waals surface area contributed by atoms with Crippen molar-refractivity contribution in [2.24, 2.45) is 5.92 Å². The molecule has 0 N–H and O–H groups in total. The topological polar surface area (TPSA) is 55.8 Å². The number of esters is 1. The van der Waals surface area contributed by atoms with Gasteiger partial charge < -0.3 is 9.47 Å². The van der Waals surface area contributed by atoms with Crippen LogP contribution in [0.3, 0.4) is 0 Å². The van der Waals surface area contributed by atoms with Crippen LogP contribution in [0.4, 0.5) is 4.79 Å². The van der Waals surface area contributed by atoms with Crippen molar-refractivity contribution in [1.82, 2.24) is 4.90 Å². The minimum atomic E-state index is -0.874. The Balaban J connectivity index is 1.79. The van der Waals surface area contributed by atoms with Crippen molar-refractivity contribution in [3.8, 4) is 0 Å². The fourth-order valence-corrected chi connectivity index (χ4v) is 2.28. The van der Waals surface area contributed by atoms with E-state index >= 15 is 0 Å². The second kappa shape index (κ2) is 5.49. The van der Waals surface area contributed by atoms with Crippen LogP contribution < -0.4 is 0 Å². The third-order valence-corrected chi connectivity index (χ3v) is 3.30. The lowest BCUT2D eigenvalue weighted by molar-refractivity contribution is -0.146. The van der Waals surface area contributed by atoms with Gasteiger partial charge in [-0.05, 0) is 39.2 Å². The van der Waals surface area contributed by atoms with Crippen molar-refractivity contribution >= 4 is 12.1 Å². The van der Waals surface area contributed by atoms with Crippen LogP contribution in [-0.4, -0.2) is 42.8 Å². The summed E-state index contributed by atoms with van der Waals surface area (Å²) < 4.78 is 9.25. The van der Waals surface area contributed by atoms with Gasteiger partial charge in [-0.3, -0.25) is 9.69 Å². The highest BCUT2D eigenvalue weighted by Gasteiger charge is 2.35. The van der Waals surface area contributed by atoms with Gasteiger partial charge in [-0.2, -0.15) is 0 Å². The average Bonchev–Trinajstić information content (AvgIpc) is 3.13. The summed E-state index contributed by atoms with van der Waals surface area (Å²) in [5, 5.41) is 0. The number of hydrogen-bond acceptors (Lipinski definition) is 5. The first kappa shape index (κ1) is 12.4. The van der Waals surface area contributed by atoms with Crippen LogP contribution in [0, 0.1) is 5.92 Å². The highest BCUT2D eigenvalue weighted by Crippen LogP contribution is 2.31. The summed E-state index contributed by atoms with van der Waals surface area (Å²) in [6.07, 6.45) is 3.40. The molecule has 5 nitrogen and oxygen atoms in total. The zero-order chi connectivity index (χ0) is 12.3. The molecular weight excluding hydrogens is 222 g/mol. The van der Waals surface area contributed by atoms with Gasteiger partial charge in [-0.1, -0.05) is 0 Å². The number of carbonyl (C=O) groups is 2. The van der Waals surface area contributed by atoms with Crippen molar-refractivity contribution in [3.05, 3.63) is 0 Å². The van der Waals surface area contributed by atoms with E-state index in [0.717, 1.165) is 25.9 Å². The molecule has 1 saturated carbocycles. The number of nitrogens with zero attached hydrogens (tertiary/aromatic N) is 1. The zero-order valence-corrected chi connectivity index (χ0v) is 10.2. The number of ether oxygens (including phenoxy) is 2. The molecule has 1 heterocycles. The summed E-state index contributed by atoms with van der Waals surface area (Å²) in [5.74, 6) is -0.609. The molecule has 2 aliphatic rings. The van der Waals surface area contributed by atoms with Crippen LogP contribution >= 0.6 is 0 Å². The normalized spacial score (nSPS) is 25.4. The molecule has 1 saturated heterocycles. The van der Waals surface area contributed by atoms with Crippen molar-refractivity contribution < 1.29 is 19.1 Å². The third-order valence-electron chi connectivity index (χ3n) is 3.30. The Labute approximate surface area is 101 Å². The molecule has 1 atom stereocenters. The molecule has 5 heteroatoms. The smallest absolute Gasteiger partial charge is 0.434 e. The standard InChI is InChI=1S/C12H19NO4/c1-2-16-12(15)17-11(14)9-4-3-7-13(8-9)10-5-6-10/h9-10H,2-8H2,1H3. The molecule has 0 aromatic rings. The van der Waals surface area contributed by atoms with Gasteiger partial charge in [0, 0.05) is 12.6 Å². The van der Waals surface area contributed by atoms with Crippen molar-refractivity contribution in [2.45, 2.75) is 38.6 Å². The number of carbonyl (C=O) groups excluding carboxylic acids is 2. The number of piperidine rings is 1. The Morgan fingerprint density at radius 1 is 1.29 bits per heavy atom. The van der Waals surface area contributed by atoms with Crippen LogP contribution in [-0.2, 0) is 14.3 Å². The first-order chi connectivity index (χ1) is 8.20. The van der Waals surface area contributed by atoms with E-state index in [4.69, 9.17) is 0 Å². The van der Waals surface area contributed by atoms with Gasteiger partial charge in [0.25, 0.3) is 0 Å². The summed E-state index contributed by atoms with van der Waals surface area (Å²) in [6, 6.07) is 0.660. The van der Waals surface area contributed by atoms with Gasteiger partial charge in [0.15, 0.2) is 0 Å². The van der Waals surface area contributed by atoms with Gasteiger partial charge in [0.05, 0.1) is 12.5 Å². The van der Waals surface area contributed by atoms with E-state index in [1.165, 1.54) is 12.8 Å². The van der Waals surface area contributed by atoms with Gasteiger partial charge >= 0.3 is 12.1 Å². The van der Waals surface area contributed by atoms with Gasteiger partial charge in [0.2, 0.25) is 0 Å².